The maximum atomic E-state index is 6.30. The molecule has 0 spiro atoms. The van der Waals surface area contributed by atoms with Gasteiger partial charge in [0, 0.05) is 32.2 Å². The summed E-state index contributed by atoms with van der Waals surface area (Å²) in [5, 5.41) is 9.20. The Morgan fingerprint density at radius 1 is 1.48 bits per heavy atom. The number of rotatable bonds is 4. The lowest BCUT2D eigenvalue weighted by Gasteiger charge is -2.32. The summed E-state index contributed by atoms with van der Waals surface area (Å²) in [6, 6.07) is 0. The van der Waals surface area contributed by atoms with Crippen LogP contribution in [0.15, 0.2) is 12.7 Å². The Hall–Kier alpha value is -1.44. The fourth-order valence-corrected chi connectivity index (χ4v) is 2.88. The highest BCUT2D eigenvalue weighted by Gasteiger charge is 2.23. The molecule has 114 valence electrons. The minimum absolute atomic E-state index is 0.121. The lowest BCUT2D eigenvalue weighted by Crippen LogP contribution is -2.43. The van der Waals surface area contributed by atoms with Crippen LogP contribution >= 0.6 is 11.6 Å². The predicted octanol–water partition coefficient (Wildman–Crippen LogP) is 0.874. The average molecular weight is 311 g/mol. The molecule has 2 aromatic heterocycles. The fraction of sp³-hybridized carbons (Fsp3) is 0.615. The predicted molar refractivity (Wildman–Crippen MR) is 78.0 cm³/mol. The molecule has 0 aromatic carbocycles. The van der Waals surface area contributed by atoms with Crippen LogP contribution in [-0.4, -0.2) is 55.2 Å². The van der Waals surface area contributed by atoms with Crippen LogP contribution in [0.25, 0.3) is 0 Å². The first kappa shape index (κ1) is 14.5. The van der Waals surface area contributed by atoms with Crippen LogP contribution in [0.1, 0.15) is 11.3 Å². The molecule has 1 atom stereocenters. The van der Waals surface area contributed by atoms with Gasteiger partial charge in [-0.2, -0.15) is 10.2 Å². The molecule has 0 amide bonds. The van der Waals surface area contributed by atoms with Crippen LogP contribution < -0.4 is 0 Å². The second-order valence-corrected chi connectivity index (χ2v) is 5.68. The van der Waals surface area contributed by atoms with E-state index < -0.39 is 0 Å². The van der Waals surface area contributed by atoms with Crippen LogP contribution in [0, 0.1) is 6.92 Å². The molecule has 0 aliphatic carbocycles. The number of halogens is 1. The number of nitrogens with zero attached hydrogens (tertiary/aromatic N) is 6. The number of hydrogen-bond acceptors (Lipinski definition) is 5. The highest BCUT2D eigenvalue weighted by Crippen LogP contribution is 2.21. The van der Waals surface area contributed by atoms with Gasteiger partial charge in [0.25, 0.3) is 0 Å². The minimum atomic E-state index is 0.121. The number of aromatic nitrogens is 5. The van der Waals surface area contributed by atoms with Gasteiger partial charge in [-0.3, -0.25) is 14.3 Å². The molecule has 1 aliphatic rings. The molecule has 7 nitrogen and oxygen atoms in total. The lowest BCUT2D eigenvalue weighted by molar-refractivity contribution is -0.0403. The van der Waals surface area contributed by atoms with Crippen molar-refractivity contribution >= 4 is 11.6 Å². The number of ether oxygens (including phenoxy) is 1. The van der Waals surface area contributed by atoms with Crippen molar-refractivity contribution < 1.29 is 4.74 Å². The van der Waals surface area contributed by atoms with Gasteiger partial charge in [0.05, 0.1) is 24.9 Å². The van der Waals surface area contributed by atoms with Crippen molar-refractivity contribution in [3.05, 3.63) is 29.1 Å². The Balaban J connectivity index is 1.63. The zero-order chi connectivity index (χ0) is 14.8. The van der Waals surface area contributed by atoms with E-state index in [-0.39, 0.29) is 6.10 Å². The Labute approximate surface area is 128 Å². The van der Waals surface area contributed by atoms with Crippen molar-refractivity contribution in [2.45, 2.75) is 26.1 Å². The molecular weight excluding hydrogens is 292 g/mol. The smallest absolute Gasteiger partial charge is 0.137 e. The molecule has 0 bridgehead atoms. The van der Waals surface area contributed by atoms with E-state index in [9.17, 15) is 0 Å². The van der Waals surface area contributed by atoms with Crippen molar-refractivity contribution in [3.63, 3.8) is 0 Å². The third-order valence-electron chi connectivity index (χ3n) is 3.73. The molecule has 1 fully saturated rings. The van der Waals surface area contributed by atoms with Gasteiger partial charge in [-0.15, -0.1) is 0 Å². The molecule has 0 saturated carbocycles. The molecule has 3 rings (SSSR count). The summed E-state index contributed by atoms with van der Waals surface area (Å²) in [4.78, 5) is 6.30. The zero-order valence-corrected chi connectivity index (χ0v) is 13.0. The van der Waals surface area contributed by atoms with E-state index in [1.54, 1.807) is 22.0 Å². The molecule has 1 saturated heterocycles. The summed E-state index contributed by atoms with van der Waals surface area (Å²) in [7, 11) is 1.87. The quantitative estimate of drug-likeness (QED) is 0.839. The second-order valence-electron chi connectivity index (χ2n) is 5.32. The van der Waals surface area contributed by atoms with Crippen molar-refractivity contribution in [1.29, 1.82) is 0 Å². The average Bonchev–Trinajstić information content (AvgIpc) is 3.04. The maximum Gasteiger partial charge on any atom is 0.137 e. The van der Waals surface area contributed by atoms with Gasteiger partial charge in [0.1, 0.15) is 17.8 Å². The number of morpholine rings is 1. The van der Waals surface area contributed by atoms with Crippen molar-refractivity contribution in [1.82, 2.24) is 29.4 Å². The van der Waals surface area contributed by atoms with Crippen LogP contribution in [0.5, 0.6) is 0 Å². The zero-order valence-electron chi connectivity index (χ0n) is 12.2. The summed E-state index contributed by atoms with van der Waals surface area (Å²) < 4.78 is 9.32. The van der Waals surface area contributed by atoms with Gasteiger partial charge in [-0.05, 0) is 6.92 Å². The maximum absolute atomic E-state index is 6.30. The molecule has 0 radical (unpaired) electrons. The summed E-state index contributed by atoms with van der Waals surface area (Å²) in [5.74, 6) is 0. The molecule has 1 aliphatic heterocycles. The van der Waals surface area contributed by atoms with Gasteiger partial charge < -0.3 is 4.74 Å². The van der Waals surface area contributed by atoms with E-state index in [1.165, 1.54) is 0 Å². The van der Waals surface area contributed by atoms with E-state index in [1.807, 2.05) is 14.0 Å². The van der Waals surface area contributed by atoms with E-state index in [4.69, 9.17) is 16.3 Å². The molecule has 0 unspecified atom stereocenters. The third-order valence-corrected chi connectivity index (χ3v) is 4.20. The van der Waals surface area contributed by atoms with Crippen LogP contribution in [-0.2, 0) is 24.9 Å². The molecule has 0 N–H and O–H groups in total. The summed E-state index contributed by atoms with van der Waals surface area (Å²) >= 11 is 6.30. The SMILES string of the molecule is Cc1nn(C)c(Cl)c1CN1CCO[C@@H](Cn2cncn2)C1. The largest absolute Gasteiger partial charge is 0.374 e. The van der Waals surface area contributed by atoms with Gasteiger partial charge >= 0.3 is 0 Å². The standard InChI is InChI=1S/C13H19ClN6O/c1-10-12(13(14)18(2)17-10)7-19-3-4-21-11(5-19)6-20-9-15-8-16-20/h8-9,11H,3-7H2,1-2H3/t11-/m1/s1. The van der Waals surface area contributed by atoms with E-state index in [0.717, 1.165) is 44.0 Å². The summed E-state index contributed by atoms with van der Waals surface area (Å²) in [6.45, 7) is 5.99. The normalized spacial score (nSPS) is 20.0. The van der Waals surface area contributed by atoms with Crippen molar-refractivity contribution in [2.75, 3.05) is 19.7 Å². The van der Waals surface area contributed by atoms with Crippen molar-refractivity contribution in [3.8, 4) is 0 Å². The van der Waals surface area contributed by atoms with E-state index in [2.05, 4.69) is 20.1 Å². The summed E-state index contributed by atoms with van der Waals surface area (Å²) in [6.07, 6.45) is 3.38. The van der Waals surface area contributed by atoms with Gasteiger partial charge in [0.15, 0.2) is 0 Å². The topological polar surface area (TPSA) is 61.0 Å². The van der Waals surface area contributed by atoms with Crippen LogP contribution in [0.4, 0.5) is 0 Å². The van der Waals surface area contributed by atoms with Crippen molar-refractivity contribution in [2.24, 2.45) is 7.05 Å². The molecule has 2 aromatic rings. The van der Waals surface area contributed by atoms with Gasteiger partial charge in [-0.1, -0.05) is 11.6 Å². The van der Waals surface area contributed by atoms with E-state index >= 15 is 0 Å². The molecule has 3 heterocycles. The summed E-state index contributed by atoms with van der Waals surface area (Å²) in [5.41, 5.74) is 2.09. The minimum Gasteiger partial charge on any atom is -0.374 e. The van der Waals surface area contributed by atoms with Gasteiger partial charge in [-0.25, -0.2) is 4.98 Å². The lowest BCUT2D eigenvalue weighted by atomic mass is 10.2. The number of hydrogen-bond donors (Lipinski definition) is 0. The Bertz CT molecular complexity index is 596. The fourth-order valence-electron chi connectivity index (χ4n) is 2.65. The molecule has 8 heteroatoms. The second kappa shape index (κ2) is 6.13. The molecule has 21 heavy (non-hydrogen) atoms. The highest BCUT2D eigenvalue weighted by molar-refractivity contribution is 6.30. The Morgan fingerprint density at radius 3 is 3.00 bits per heavy atom. The first-order chi connectivity index (χ1) is 10.1. The first-order valence-corrected chi connectivity index (χ1v) is 7.35. The van der Waals surface area contributed by atoms with Crippen LogP contribution in [0.3, 0.4) is 0 Å². The monoisotopic (exact) mass is 310 g/mol. The highest BCUT2D eigenvalue weighted by atomic mass is 35.5. The first-order valence-electron chi connectivity index (χ1n) is 6.98. The Morgan fingerprint density at radius 2 is 2.33 bits per heavy atom. The third kappa shape index (κ3) is 3.25. The number of aryl methyl sites for hydroxylation is 2. The van der Waals surface area contributed by atoms with Gasteiger partial charge in [0.2, 0.25) is 0 Å². The van der Waals surface area contributed by atoms with Crippen LogP contribution in [0.2, 0.25) is 5.15 Å². The van der Waals surface area contributed by atoms with E-state index in [0.29, 0.717) is 5.15 Å². The Kier molecular flexibility index (Phi) is 4.23. The molecular formula is C13H19ClN6O.